The molecule has 0 bridgehead atoms. The minimum absolute atomic E-state index is 0.378. The maximum atomic E-state index is 3.74. The molecule has 1 aliphatic rings. The Kier molecular flexibility index (Phi) is 4.67. The molecule has 1 aliphatic heterocycles. The van der Waals surface area contributed by atoms with Gasteiger partial charge in [-0.25, -0.2) is 0 Å². The summed E-state index contributed by atoms with van der Waals surface area (Å²) in [6.45, 7) is 7.49. The van der Waals surface area contributed by atoms with Gasteiger partial charge >= 0.3 is 0 Å². The van der Waals surface area contributed by atoms with Crippen molar-refractivity contribution in [3.63, 3.8) is 0 Å². The summed E-state index contributed by atoms with van der Waals surface area (Å²) < 4.78 is 1.20. The average molecular weight is 365 g/mol. The normalized spacial score (nSPS) is 15.9. The molecule has 112 valence electrons. The zero-order chi connectivity index (χ0) is 14.8. The third-order valence-electron chi connectivity index (χ3n) is 4.13. The molecule has 0 radical (unpaired) electrons. The SMILES string of the molecule is CCNC(C)c1ccc(N2CCc3sccc3C2)cc1Br. The number of hydrogen-bond donors (Lipinski definition) is 1. The molecule has 21 heavy (non-hydrogen) atoms. The van der Waals surface area contributed by atoms with Crippen LogP contribution in [0.1, 0.15) is 35.9 Å². The zero-order valence-corrected chi connectivity index (χ0v) is 14.9. The first kappa shape index (κ1) is 15.1. The van der Waals surface area contributed by atoms with Crippen molar-refractivity contribution in [2.24, 2.45) is 0 Å². The minimum Gasteiger partial charge on any atom is -0.367 e. The number of rotatable bonds is 4. The fourth-order valence-corrected chi connectivity index (χ4v) is 4.55. The number of hydrogen-bond acceptors (Lipinski definition) is 3. The fourth-order valence-electron chi connectivity index (χ4n) is 2.95. The number of nitrogens with one attached hydrogen (secondary N) is 1. The molecule has 1 aromatic carbocycles. The first-order valence-electron chi connectivity index (χ1n) is 7.52. The second-order valence-electron chi connectivity index (χ2n) is 5.53. The molecule has 1 atom stereocenters. The number of anilines is 1. The van der Waals surface area contributed by atoms with Gasteiger partial charge in [-0.3, -0.25) is 0 Å². The summed E-state index contributed by atoms with van der Waals surface area (Å²) in [5, 5.41) is 5.68. The first-order chi connectivity index (χ1) is 10.2. The van der Waals surface area contributed by atoms with E-state index >= 15 is 0 Å². The molecule has 0 aliphatic carbocycles. The lowest BCUT2D eigenvalue weighted by atomic mass is 10.1. The molecule has 1 aromatic heterocycles. The molecule has 2 heterocycles. The van der Waals surface area contributed by atoms with Crippen molar-refractivity contribution in [3.05, 3.63) is 50.1 Å². The number of thiophene rings is 1. The van der Waals surface area contributed by atoms with E-state index in [4.69, 9.17) is 0 Å². The highest BCUT2D eigenvalue weighted by atomic mass is 79.9. The van der Waals surface area contributed by atoms with Crippen molar-refractivity contribution in [3.8, 4) is 0 Å². The molecular formula is C17H21BrN2S. The van der Waals surface area contributed by atoms with Crippen molar-refractivity contribution in [1.29, 1.82) is 0 Å². The van der Waals surface area contributed by atoms with Gasteiger partial charge < -0.3 is 10.2 Å². The smallest absolute Gasteiger partial charge is 0.0440 e. The Hall–Kier alpha value is -0.840. The Morgan fingerprint density at radius 2 is 2.24 bits per heavy atom. The Balaban J connectivity index is 1.80. The van der Waals surface area contributed by atoms with Crippen LogP contribution in [-0.2, 0) is 13.0 Å². The van der Waals surface area contributed by atoms with Crippen molar-refractivity contribution < 1.29 is 0 Å². The maximum absolute atomic E-state index is 3.74. The summed E-state index contributed by atoms with van der Waals surface area (Å²) in [5.41, 5.74) is 4.13. The van der Waals surface area contributed by atoms with Gasteiger partial charge in [-0.2, -0.15) is 0 Å². The molecule has 3 rings (SSSR count). The van der Waals surface area contributed by atoms with Crippen LogP contribution < -0.4 is 10.2 Å². The summed E-state index contributed by atoms with van der Waals surface area (Å²) in [6, 6.07) is 9.41. The lowest BCUT2D eigenvalue weighted by Gasteiger charge is -2.29. The van der Waals surface area contributed by atoms with E-state index < -0.39 is 0 Å². The second-order valence-corrected chi connectivity index (χ2v) is 7.38. The molecule has 2 aromatic rings. The van der Waals surface area contributed by atoms with Gasteiger partial charge in [-0.05, 0) is 54.6 Å². The van der Waals surface area contributed by atoms with Gasteiger partial charge in [-0.1, -0.05) is 28.9 Å². The van der Waals surface area contributed by atoms with E-state index in [0.29, 0.717) is 6.04 Å². The summed E-state index contributed by atoms with van der Waals surface area (Å²) in [6.07, 6.45) is 1.17. The lowest BCUT2D eigenvalue weighted by Crippen LogP contribution is -2.29. The molecular weight excluding hydrogens is 344 g/mol. The van der Waals surface area contributed by atoms with Crippen LogP contribution in [0.4, 0.5) is 5.69 Å². The van der Waals surface area contributed by atoms with E-state index in [-0.39, 0.29) is 0 Å². The van der Waals surface area contributed by atoms with Crippen LogP contribution in [-0.4, -0.2) is 13.1 Å². The largest absolute Gasteiger partial charge is 0.367 e. The van der Waals surface area contributed by atoms with Crippen molar-refractivity contribution in [2.75, 3.05) is 18.0 Å². The standard InChI is InChI=1S/C17H21BrN2S/c1-3-19-12(2)15-5-4-14(10-16(15)18)20-8-6-17-13(11-20)7-9-21-17/h4-5,7,9-10,12,19H,3,6,8,11H2,1-2H3. The summed E-state index contributed by atoms with van der Waals surface area (Å²) in [7, 11) is 0. The molecule has 1 unspecified atom stereocenters. The van der Waals surface area contributed by atoms with Gasteiger partial charge in [0.1, 0.15) is 0 Å². The van der Waals surface area contributed by atoms with Crippen molar-refractivity contribution in [1.82, 2.24) is 5.32 Å². The molecule has 4 heteroatoms. The molecule has 0 spiro atoms. The Bertz CT molecular complexity index is 623. The van der Waals surface area contributed by atoms with Crippen molar-refractivity contribution >= 4 is 33.0 Å². The molecule has 0 saturated heterocycles. The summed E-state index contributed by atoms with van der Waals surface area (Å²) >= 11 is 5.64. The Morgan fingerprint density at radius 3 is 3.00 bits per heavy atom. The van der Waals surface area contributed by atoms with Crippen LogP contribution in [0.25, 0.3) is 0 Å². The van der Waals surface area contributed by atoms with Gasteiger partial charge in [0, 0.05) is 34.2 Å². The molecule has 1 N–H and O–H groups in total. The summed E-state index contributed by atoms with van der Waals surface area (Å²) in [5.74, 6) is 0. The lowest BCUT2D eigenvalue weighted by molar-refractivity contribution is 0.596. The van der Waals surface area contributed by atoms with Crippen LogP contribution in [0, 0.1) is 0 Å². The van der Waals surface area contributed by atoms with Gasteiger partial charge in [0.25, 0.3) is 0 Å². The number of fused-ring (bicyclic) bond motifs is 1. The van der Waals surface area contributed by atoms with Gasteiger partial charge in [0.2, 0.25) is 0 Å². The number of halogens is 1. The first-order valence-corrected chi connectivity index (χ1v) is 9.19. The van der Waals surface area contributed by atoms with Crippen LogP contribution in [0.3, 0.4) is 0 Å². The second kappa shape index (κ2) is 6.51. The number of benzene rings is 1. The number of nitrogens with zero attached hydrogens (tertiary/aromatic N) is 1. The highest BCUT2D eigenvalue weighted by Gasteiger charge is 2.18. The van der Waals surface area contributed by atoms with Crippen LogP contribution >= 0.6 is 27.3 Å². The van der Waals surface area contributed by atoms with Gasteiger partial charge in [0.15, 0.2) is 0 Å². The van der Waals surface area contributed by atoms with E-state index in [2.05, 4.69) is 69.6 Å². The van der Waals surface area contributed by atoms with E-state index in [1.54, 1.807) is 4.88 Å². The zero-order valence-electron chi connectivity index (χ0n) is 12.5. The average Bonchev–Trinajstić information content (AvgIpc) is 2.94. The highest BCUT2D eigenvalue weighted by Crippen LogP contribution is 2.32. The van der Waals surface area contributed by atoms with E-state index in [0.717, 1.165) is 19.6 Å². The van der Waals surface area contributed by atoms with Crippen LogP contribution in [0.5, 0.6) is 0 Å². The summed E-state index contributed by atoms with van der Waals surface area (Å²) in [4.78, 5) is 4.03. The fraction of sp³-hybridized carbons (Fsp3) is 0.412. The van der Waals surface area contributed by atoms with Crippen molar-refractivity contribution in [2.45, 2.75) is 32.9 Å². The third kappa shape index (κ3) is 3.17. The van der Waals surface area contributed by atoms with Crippen LogP contribution in [0.15, 0.2) is 34.1 Å². The van der Waals surface area contributed by atoms with Crippen LogP contribution in [0.2, 0.25) is 0 Å². The molecule has 2 nitrogen and oxygen atoms in total. The quantitative estimate of drug-likeness (QED) is 0.842. The molecule has 0 saturated carbocycles. The highest BCUT2D eigenvalue weighted by molar-refractivity contribution is 9.10. The Labute approximate surface area is 139 Å². The van der Waals surface area contributed by atoms with E-state index in [1.165, 1.54) is 27.7 Å². The predicted molar refractivity (Wildman–Crippen MR) is 95.3 cm³/mol. The van der Waals surface area contributed by atoms with Gasteiger partial charge in [0.05, 0.1) is 0 Å². The third-order valence-corrected chi connectivity index (χ3v) is 5.84. The van der Waals surface area contributed by atoms with E-state index in [1.807, 2.05) is 11.3 Å². The predicted octanol–water partition coefficient (Wildman–Crippen LogP) is 4.74. The monoisotopic (exact) mass is 364 g/mol. The maximum Gasteiger partial charge on any atom is 0.0440 e. The topological polar surface area (TPSA) is 15.3 Å². The van der Waals surface area contributed by atoms with Gasteiger partial charge in [-0.15, -0.1) is 11.3 Å². The van der Waals surface area contributed by atoms with E-state index in [9.17, 15) is 0 Å². The Morgan fingerprint density at radius 1 is 1.38 bits per heavy atom. The molecule has 0 fully saturated rings. The minimum atomic E-state index is 0.378. The molecule has 0 amide bonds.